The molecular formula is C40H68N4O2. The van der Waals surface area contributed by atoms with Crippen molar-refractivity contribution >= 4 is 11.8 Å². The summed E-state index contributed by atoms with van der Waals surface area (Å²) in [5.74, 6) is 0.389. The van der Waals surface area contributed by atoms with Crippen molar-refractivity contribution in [3.63, 3.8) is 0 Å². The highest BCUT2D eigenvalue weighted by molar-refractivity contribution is 5.94. The Morgan fingerprint density at radius 2 is 1.11 bits per heavy atom. The molecule has 1 aromatic rings. The summed E-state index contributed by atoms with van der Waals surface area (Å²) < 4.78 is 0. The lowest BCUT2D eigenvalue weighted by molar-refractivity contribution is -0.151. The minimum absolute atomic E-state index is 0.0279. The Labute approximate surface area is 282 Å². The third kappa shape index (κ3) is 8.95. The zero-order chi connectivity index (χ0) is 34.7. The lowest BCUT2D eigenvalue weighted by Crippen LogP contribution is -2.66. The molecule has 0 aromatic heterocycles. The van der Waals surface area contributed by atoms with E-state index >= 15 is 0 Å². The summed E-state index contributed by atoms with van der Waals surface area (Å²) in [6.07, 6.45) is 6.59. The Morgan fingerprint density at radius 1 is 0.674 bits per heavy atom. The van der Waals surface area contributed by atoms with Crippen molar-refractivity contribution in [1.29, 1.82) is 0 Å². The van der Waals surface area contributed by atoms with Gasteiger partial charge < -0.3 is 20.4 Å². The van der Waals surface area contributed by atoms with Crippen molar-refractivity contribution < 1.29 is 9.59 Å². The van der Waals surface area contributed by atoms with Crippen LogP contribution in [0.2, 0.25) is 0 Å². The molecule has 3 fully saturated rings. The van der Waals surface area contributed by atoms with Gasteiger partial charge in [-0.15, -0.1) is 0 Å². The number of piperidine rings is 2. The summed E-state index contributed by atoms with van der Waals surface area (Å²) in [4.78, 5) is 33.7. The number of nitrogens with zero attached hydrogens (tertiary/aromatic N) is 2. The van der Waals surface area contributed by atoms with E-state index in [4.69, 9.17) is 0 Å². The lowest BCUT2D eigenvalue weighted by atomic mass is 9.61. The molecular weight excluding hydrogens is 568 g/mol. The molecule has 2 heterocycles. The van der Waals surface area contributed by atoms with Gasteiger partial charge in [-0.3, -0.25) is 9.59 Å². The summed E-state index contributed by atoms with van der Waals surface area (Å²) in [6, 6.07) is 10.3. The van der Waals surface area contributed by atoms with Crippen LogP contribution in [0.4, 0.5) is 0 Å². The van der Waals surface area contributed by atoms with Crippen LogP contribution in [0.15, 0.2) is 30.3 Å². The van der Waals surface area contributed by atoms with Crippen molar-refractivity contribution in [2.24, 2.45) is 16.2 Å². The predicted molar refractivity (Wildman–Crippen MR) is 192 cm³/mol. The van der Waals surface area contributed by atoms with Crippen LogP contribution >= 0.6 is 0 Å². The highest BCUT2D eigenvalue weighted by Gasteiger charge is 2.51. The molecule has 2 N–H and O–H groups in total. The van der Waals surface area contributed by atoms with Gasteiger partial charge in [-0.1, -0.05) is 59.7 Å². The monoisotopic (exact) mass is 637 g/mol. The first-order valence-corrected chi connectivity index (χ1v) is 18.0. The maximum atomic E-state index is 14.5. The molecule has 2 aliphatic heterocycles. The Kier molecular flexibility index (Phi) is 9.79. The summed E-state index contributed by atoms with van der Waals surface area (Å²) in [7, 11) is 0. The van der Waals surface area contributed by atoms with Crippen LogP contribution in [0.3, 0.4) is 0 Å². The fourth-order valence-electron chi connectivity index (χ4n) is 10.4. The molecule has 2 unspecified atom stereocenters. The fourth-order valence-corrected chi connectivity index (χ4v) is 10.4. The van der Waals surface area contributed by atoms with Crippen molar-refractivity contribution in [3.05, 3.63) is 35.9 Å². The maximum absolute atomic E-state index is 14.5. The standard InChI is InChI=1S/C40H68N4O2/c1-34(2,3)33(46)44(31-23-38(10,11)42-39(12,13)24-31)30-20-35(4,5)26-40(14,25-30)27-43(32(45)28-18-16-15-17-19-28)29-21-36(6,7)41-37(8,9)22-29/h15-19,29-31,41-42H,20-27H2,1-14H3. The summed E-state index contributed by atoms with van der Waals surface area (Å²) >= 11 is 0. The number of benzene rings is 1. The van der Waals surface area contributed by atoms with E-state index in [2.05, 4.69) is 117 Å². The van der Waals surface area contributed by atoms with Gasteiger partial charge in [0.2, 0.25) is 5.91 Å². The van der Waals surface area contributed by atoms with E-state index < -0.39 is 5.41 Å². The zero-order valence-corrected chi connectivity index (χ0v) is 32.0. The number of nitrogens with one attached hydrogen (secondary N) is 2. The molecule has 2 saturated heterocycles. The first-order valence-electron chi connectivity index (χ1n) is 18.0. The average molecular weight is 637 g/mol. The van der Waals surface area contributed by atoms with Crippen LogP contribution in [0.5, 0.6) is 0 Å². The largest absolute Gasteiger partial charge is 0.336 e. The molecule has 2 atom stereocenters. The highest BCUT2D eigenvalue weighted by Crippen LogP contribution is 2.50. The third-order valence-electron chi connectivity index (χ3n) is 10.7. The van der Waals surface area contributed by atoms with Gasteiger partial charge in [-0.2, -0.15) is 0 Å². The smallest absolute Gasteiger partial charge is 0.254 e. The Hall–Kier alpha value is -1.92. The molecule has 2 amide bonds. The quantitative estimate of drug-likeness (QED) is 0.330. The average Bonchev–Trinajstić information content (AvgIpc) is 2.82. The van der Waals surface area contributed by atoms with E-state index in [1.807, 2.05) is 30.3 Å². The molecule has 6 heteroatoms. The summed E-state index contributed by atoms with van der Waals surface area (Å²) in [5.41, 5.74) is -0.129. The molecule has 46 heavy (non-hydrogen) atoms. The second-order valence-corrected chi connectivity index (χ2v) is 20.4. The molecule has 260 valence electrons. The molecule has 1 aliphatic carbocycles. The minimum Gasteiger partial charge on any atom is -0.336 e. The van der Waals surface area contributed by atoms with Crippen molar-refractivity contribution in [2.45, 2.75) is 182 Å². The van der Waals surface area contributed by atoms with E-state index in [9.17, 15) is 9.59 Å². The minimum atomic E-state index is -0.473. The summed E-state index contributed by atoms with van der Waals surface area (Å²) in [5, 5.41) is 7.68. The van der Waals surface area contributed by atoms with Crippen molar-refractivity contribution in [1.82, 2.24) is 20.4 Å². The van der Waals surface area contributed by atoms with Crippen LogP contribution in [0.25, 0.3) is 0 Å². The Balaban J connectivity index is 1.75. The number of carbonyl (C=O) groups excluding carboxylic acids is 2. The van der Waals surface area contributed by atoms with Gasteiger partial charge >= 0.3 is 0 Å². The van der Waals surface area contributed by atoms with Gasteiger partial charge in [0.15, 0.2) is 0 Å². The van der Waals surface area contributed by atoms with Crippen molar-refractivity contribution in [2.75, 3.05) is 6.54 Å². The summed E-state index contributed by atoms with van der Waals surface area (Å²) in [6.45, 7) is 32.3. The number of carbonyl (C=O) groups is 2. The molecule has 6 nitrogen and oxygen atoms in total. The lowest BCUT2D eigenvalue weighted by Gasteiger charge is -2.57. The van der Waals surface area contributed by atoms with Gasteiger partial charge in [0, 0.05) is 57.8 Å². The van der Waals surface area contributed by atoms with Gasteiger partial charge in [0.1, 0.15) is 0 Å². The van der Waals surface area contributed by atoms with E-state index in [0.29, 0.717) is 6.54 Å². The van der Waals surface area contributed by atoms with E-state index in [-0.39, 0.29) is 62.9 Å². The first-order chi connectivity index (χ1) is 20.7. The molecule has 0 bridgehead atoms. The molecule has 4 rings (SSSR count). The zero-order valence-electron chi connectivity index (χ0n) is 32.0. The van der Waals surface area contributed by atoms with Crippen molar-refractivity contribution in [3.8, 4) is 0 Å². The fraction of sp³-hybridized carbons (Fsp3) is 0.800. The Bertz CT molecular complexity index is 1230. The Morgan fingerprint density at radius 3 is 1.57 bits per heavy atom. The molecule has 0 spiro atoms. The molecule has 1 saturated carbocycles. The first kappa shape index (κ1) is 36.9. The SMILES string of the molecule is CC1(C)CC(N(C(=O)C(C)(C)C)C2CC(C)(C)NC(C)(C)C2)CC(C)(CN(C(=O)c2ccccc2)C2CC(C)(C)NC(C)(C)C2)C1. The molecule has 0 radical (unpaired) electrons. The normalized spacial score (nSPS) is 29.1. The molecule has 1 aromatic carbocycles. The van der Waals surface area contributed by atoms with E-state index in [0.717, 1.165) is 50.5 Å². The van der Waals surface area contributed by atoms with Gasteiger partial charge in [0.25, 0.3) is 5.91 Å². The van der Waals surface area contributed by atoms with Gasteiger partial charge in [-0.05, 0) is 123 Å². The van der Waals surface area contributed by atoms with Crippen LogP contribution in [-0.2, 0) is 4.79 Å². The number of hydrogen-bond donors (Lipinski definition) is 2. The third-order valence-corrected chi connectivity index (χ3v) is 10.7. The van der Waals surface area contributed by atoms with Crippen LogP contribution in [0.1, 0.15) is 152 Å². The van der Waals surface area contributed by atoms with E-state index in [1.165, 1.54) is 0 Å². The number of amides is 2. The number of rotatable bonds is 6. The van der Waals surface area contributed by atoms with E-state index in [1.54, 1.807) is 0 Å². The second kappa shape index (κ2) is 12.2. The van der Waals surface area contributed by atoms with Crippen LogP contribution in [0, 0.1) is 16.2 Å². The molecule has 3 aliphatic rings. The number of hydrogen-bond acceptors (Lipinski definition) is 4. The second-order valence-electron chi connectivity index (χ2n) is 20.4. The van der Waals surface area contributed by atoms with Gasteiger partial charge in [0.05, 0.1) is 0 Å². The maximum Gasteiger partial charge on any atom is 0.254 e. The topological polar surface area (TPSA) is 64.7 Å². The highest BCUT2D eigenvalue weighted by atomic mass is 16.2. The predicted octanol–water partition coefficient (Wildman–Crippen LogP) is 8.21. The van der Waals surface area contributed by atoms with Crippen LogP contribution < -0.4 is 10.6 Å². The van der Waals surface area contributed by atoms with Crippen LogP contribution in [-0.4, -0.2) is 68.4 Å². The van der Waals surface area contributed by atoms with Gasteiger partial charge in [-0.25, -0.2) is 0 Å².